The van der Waals surface area contributed by atoms with Crippen molar-refractivity contribution >= 4 is 10.2 Å². The Balaban J connectivity index is 2.96. The van der Waals surface area contributed by atoms with Gasteiger partial charge in [0.1, 0.15) is 0 Å². The molecule has 0 spiro atoms. The van der Waals surface area contributed by atoms with Gasteiger partial charge < -0.3 is 0 Å². The lowest BCUT2D eigenvalue weighted by molar-refractivity contribution is 0.517. The summed E-state index contributed by atoms with van der Waals surface area (Å²) in [5.41, 5.74) is 0. The number of rotatable bonds is 25. The van der Waals surface area contributed by atoms with Crippen molar-refractivity contribution in [2.75, 3.05) is 0 Å². The summed E-state index contributed by atoms with van der Waals surface area (Å²) < 4.78 is 0. The molecule has 1 heteroatoms. The molecule has 0 aliphatic carbocycles. The minimum atomic E-state index is 1.38. The van der Waals surface area contributed by atoms with E-state index in [0.29, 0.717) is 0 Å². The van der Waals surface area contributed by atoms with Crippen molar-refractivity contribution in [3.05, 3.63) is 0 Å². The van der Waals surface area contributed by atoms with Gasteiger partial charge in [0.05, 0.1) is 0 Å². The highest BCUT2D eigenvalue weighted by atomic mass is 28.1. The molecule has 0 atom stereocenters. The number of hydrogen-bond acceptors (Lipinski definition) is 0. The SMILES string of the molecule is CCCCCCCCCCCCCCCCCCCCCCCCCCC[SiH3]. The van der Waals surface area contributed by atoms with Gasteiger partial charge in [0.2, 0.25) is 0 Å². The third-order valence-electron chi connectivity index (χ3n) is 6.46. The zero-order chi connectivity index (χ0) is 20.4. The van der Waals surface area contributed by atoms with Crippen LogP contribution >= 0.6 is 0 Å². The van der Waals surface area contributed by atoms with Gasteiger partial charge in [0.25, 0.3) is 0 Å². The van der Waals surface area contributed by atoms with Crippen molar-refractivity contribution in [1.82, 2.24) is 0 Å². The van der Waals surface area contributed by atoms with Gasteiger partial charge in [-0.25, -0.2) is 0 Å². The lowest BCUT2D eigenvalue weighted by Gasteiger charge is -2.04. The molecule has 0 aromatic carbocycles. The van der Waals surface area contributed by atoms with E-state index in [0.717, 1.165) is 0 Å². The summed E-state index contributed by atoms with van der Waals surface area (Å²) in [5.74, 6) is 0. The predicted molar refractivity (Wildman–Crippen MR) is 136 cm³/mol. The van der Waals surface area contributed by atoms with Crippen LogP contribution < -0.4 is 0 Å². The van der Waals surface area contributed by atoms with E-state index in [1.807, 2.05) is 0 Å². The van der Waals surface area contributed by atoms with Crippen molar-refractivity contribution in [3.63, 3.8) is 0 Å². The van der Waals surface area contributed by atoms with Gasteiger partial charge in [-0.3, -0.25) is 0 Å². The summed E-state index contributed by atoms with van der Waals surface area (Å²) in [6.07, 6.45) is 37.2. The molecule has 0 N–H and O–H groups in total. The molecule has 0 saturated carbocycles. The molecular weight excluding hydrogens is 352 g/mol. The first-order valence-corrected chi connectivity index (χ1v) is 15.3. The first-order valence-electron chi connectivity index (χ1n) is 13.9. The van der Waals surface area contributed by atoms with E-state index in [2.05, 4.69) is 6.92 Å². The van der Waals surface area contributed by atoms with Gasteiger partial charge in [-0.05, 0) is 0 Å². The van der Waals surface area contributed by atoms with Crippen LogP contribution in [0, 0.1) is 0 Å². The molecule has 0 unspecified atom stereocenters. The van der Waals surface area contributed by atoms with E-state index < -0.39 is 0 Å². The normalized spacial score (nSPS) is 11.5. The van der Waals surface area contributed by atoms with Crippen LogP contribution in [-0.4, -0.2) is 10.2 Å². The summed E-state index contributed by atoms with van der Waals surface area (Å²) >= 11 is 0. The molecule has 28 heavy (non-hydrogen) atoms. The largest absolute Gasteiger partial charge is 0.0658 e. The van der Waals surface area contributed by atoms with Crippen molar-refractivity contribution in [2.45, 2.75) is 173 Å². The van der Waals surface area contributed by atoms with Crippen LogP contribution in [0.5, 0.6) is 0 Å². The smallest absolute Gasteiger partial charge is 0.00279 e. The minimum absolute atomic E-state index is 1.38. The lowest BCUT2D eigenvalue weighted by atomic mass is 10.0. The third-order valence-corrected chi connectivity index (χ3v) is 7.16. The Kier molecular flexibility index (Phi) is 27.4. The molecule has 0 aromatic rings. The van der Waals surface area contributed by atoms with Crippen LogP contribution in [0.15, 0.2) is 0 Å². The van der Waals surface area contributed by atoms with Crippen LogP contribution in [0.3, 0.4) is 0 Å². The van der Waals surface area contributed by atoms with Crippen molar-refractivity contribution in [3.8, 4) is 0 Å². The van der Waals surface area contributed by atoms with Gasteiger partial charge >= 0.3 is 0 Å². The van der Waals surface area contributed by atoms with Crippen LogP contribution in [0.25, 0.3) is 0 Å². The first-order chi connectivity index (χ1) is 13.9. The van der Waals surface area contributed by atoms with E-state index in [1.54, 1.807) is 0 Å². The fourth-order valence-electron chi connectivity index (χ4n) is 4.39. The Bertz CT molecular complexity index is 225. The van der Waals surface area contributed by atoms with Crippen molar-refractivity contribution in [1.29, 1.82) is 0 Å². The molecule has 170 valence electrons. The van der Waals surface area contributed by atoms with E-state index in [4.69, 9.17) is 0 Å². The minimum Gasteiger partial charge on any atom is -0.0658 e. The summed E-state index contributed by atoms with van der Waals surface area (Å²) in [5, 5.41) is 0. The highest BCUT2D eigenvalue weighted by molar-refractivity contribution is 6.08. The maximum absolute atomic E-state index is 2.30. The van der Waals surface area contributed by atoms with E-state index >= 15 is 0 Å². The molecule has 0 heterocycles. The van der Waals surface area contributed by atoms with Gasteiger partial charge in [-0.1, -0.05) is 173 Å². The molecule has 0 nitrogen and oxygen atoms in total. The maximum atomic E-state index is 2.30. The summed E-state index contributed by atoms with van der Waals surface area (Å²) in [4.78, 5) is 0. The standard InChI is InChI=1S/C27H58Si/c1-2-3-4-5-6-7-8-9-10-11-12-13-14-15-16-17-18-19-20-21-22-23-24-25-26-27-28/h2-27H2,1,28H3. The maximum Gasteiger partial charge on any atom is 0.00279 e. The molecule has 0 saturated heterocycles. The molecule has 0 aliphatic rings. The fourth-order valence-corrected chi connectivity index (χ4v) is 4.89. The first kappa shape index (κ1) is 28.2. The molecular formula is C27H58Si. The van der Waals surface area contributed by atoms with Crippen molar-refractivity contribution in [2.24, 2.45) is 0 Å². The topological polar surface area (TPSA) is 0 Å². The second-order valence-corrected chi connectivity index (χ2v) is 10.5. The van der Waals surface area contributed by atoms with E-state index in [-0.39, 0.29) is 0 Å². The average Bonchev–Trinajstić information content (AvgIpc) is 2.71. The molecule has 0 aliphatic heterocycles. The summed E-state index contributed by atoms with van der Waals surface area (Å²) in [6.45, 7) is 2.30. The highest BCUT2D eigenvalue weighted by Gasteiger charge is 1.96. The molecule has 0 fully saturated rings. The van der Waals surface area contributed by atoms with Gasteiger partial charge in [-0.15, -0.1) is 0 Å². The van der Waals surface area contributed by atoms with Crippen molar-refractivity contribution < 1.29 is 0 Å². The second kappa shape index (κ2) is 27.2. The molecule has 0 aromatic heterocycles. The fraction of sp³-hybridized carbons (Fsp3) is 1.00. The zero-order valence-corrected chi connectivity index (χ0v) is 22.4. The third kappa shape index (κ3) is 26.2. The average molecular weight is 411 g/mol. The Morgan fingerprint density at radius 1 is 0.286 bits per heavy atom. The van der Waals surface area contributed by atoms with Crippen LogP contribution in [0.1, 0.15) is 167 Å². The van der Waals surface area contributed by atoms with Crippen LogP contribution in [0.4, 0.5) is 0 Å². The van der Waals surface area contributed by atoms with Gasteiger partial charge in [0, 0.05) is 10.2 Å². The monoisotopic (exact) mass is 410 g/mol. The molecule has 0 bridgehead atoms. The van der Waals surface area contributed by atoms with Crippen LogP contribution in [0.2, 0.25) is 6.04 Å². The summed E-state index contributed by atoms with van der Waals surface area (Å²) in [7, 11) is 1.41. The Morgan fingerprint density at radius 2 is 0.464 bits per heavy atom. The molecule has 0 amide bonds. The summed E-state index contributed by atoms with van der Waals surface area (Å²) in [6, 6.07) is 1.51. The van der Waals surface area contributed by atoms with Gasteiger partial charge in [-0.2, -0.15) is 0 Å². The molecule has 0 radical (unpaired) electrons. The Morgan fingerprint density at radius 3 is 0.643 bits per heavy atom. The molecule has 0 rings (SSSR count). The lowest BCUT2D eigenvalue weighted by Crippen LogP contribution is -1.84. The zero-order valence-electron chi connectivity index (χ0n) is 20.4. The number of hydrogen-bond donors (Lipinski definition) is 0. The van der Waals surface area contributed by atoms with Gasteiger partial charge in [0.15, 0.2) is 0 Å². The highest BCUT2D eigenvalue weighted by Crippen LogP contribution is 2.15. The number of unbranched alkanes of at least 4 members (excludes halogenated alkanes) is 24. The quantitative estimate of drug-likeness (QED) is 0.104. The predicted octanol–water partition coefficient (Wildman–Crippen LogP) is 9.54. The second-order valence-electron chi connectivity index (χ2n) is 9.49. The van der Waals surface area contributed by atoms with Crippen LogP contribution in [-0.2, 0) is 0 Å². The Labute approximate surface area is 183 Å². The Hall–Kier alpha value is 0.217. The van der Waals surface area contributed by atoms with E-state index in [1.165, 1.54) is 177 Å². The van der Waals surface area contributed by atoms with E-state index in [9.17, 15) is 0 Å².